The number of fused-ring (bicyclic) bond motifs is 6. The first-order valence-corrected chi connectivity index (χ1v) is 18.1. The lowest BCUT2D eigenvalue weighted by atomic mass is 9.97. The van der Waals surface area contributed by atoms with E-state index in [2.05, 4.69) is 187 Å². The number of para-hydroxylation sites is 1. The Hall–Kier alpha value is -6.42. The quantitative estimate of drug-likeness (QED) is 0.175. The molecule has 10 rings (SSSR count). The fourth-order valence-electron chi connectivity index (χ4n) is 7.49. The SMILES string of the molecule is c1ccc(-c2ccc(-c3ccc(N(c4ccc(-c5ccccc5)c5c4sc4ccccc45)c4cccc5oc6ccccc6c45)cc3)cc2)cc1. The molecule has 2 nitrogen and oxygen atoms in total. The number of hydrogen-bond donors (Lipinski definition) is 0. The first kappa shape index (κ1) is 29.5. The Morgan fingerprint density at radius 3 is 1.67 bits per heavy atom. The number of thiophene rings is 1. The number of hydrogen-bond acceptors (Lipinski definition) is 3. The molecule has 0 atom stereocenters. The van der Waals surface area contributed by atoms with E-state index in [0.717, 1.165) is 39.0 Å². The van der Waals surface area contributed by atoms with E-state index >= 15 is 0 Å². The van der Waals surface area contributed by atoms with E-state index in [1.807, 2.05) is 17.4 Å². The molecule has 0 aliphatic rings. The van der Waals surface area contributed by atoms with Crippen molar-refractivity contribution >= 4 is 70.5 Å². The topological polar surface area (TPSA) is 16.4 Å². The van der Waals surface area contributed by atoms with Crippen LogP contribution in [0, 0.1) is 0 Å². The van der Waals surface area contributed by atoms with E-state index in [-0.39, 0.29) is 0 Å². The van der Waals surface area contributed by atoms with Crippen molar-refractivity contribution in [3.05, 3.63) is 188 Å². The fraction of sp³-hybridized carbons (Fsp3) is 0. The lowest BCUT2D eigenvalue weighted by Gasteiger charge is -2.27. The first-order valence-electron chi connectivity index (χ1n) is 17.3. The number of anilines is 3. The van der Waals surface area contributed by atoms with Gasteiger partial charge < -0.3 is 9.32 Å². The summed E-state index contributed by atoms with van der Waals surface area (Å²) in [5.41, 5.74) is 12.4. The average Bonchev–Trinajstić information content (AvgIpc) is 3.79. The minimum atomic E-state index is 0.877. The number of rotatable bonds is 6. The van der Waals surface area contributed by atoms with Crippen LogP contribution in [-0.2, 0) is 0 Å². The van der Waals surface area contributed by atoms with Crippen LogP contribution < -0.4 is 4.90 Å². The minimum absolute atomic E-state index is 0.877. The van der Waals surface area contributed by atoms with Crippen LogP contribution in [0.2, 0.25) is 0 Å². The smallest absolute Gasteiger partial charge is 0.137 e. The maximum atomic E-state index is 6.42. The first-order chi connectivity index (χ1) is 25.3. The Bertz CT molecular complexity index is 2830. The monoisotopic (exact) mass is 669 g/mol. The molecule has 0 unspecified atom stereocenters. The Balaban J connectivity index is 1.18. The van der Waals surface area contributed by atoms with Crippen molar-refractivity contribution in [2.24, 2.45) is 0 Å². The molecule has 0 aliphatic heterocycles. The summed E-state index contributed by atoms with van der Waals surface area (Å²) < 4.78 is 8.95. The normalized spacial score (nSPS) is 11.5. The van der Waals surface area contributed by atoms with E-state index in [1.165, 1.54) is 53.6 Å². The van der Waals surface area contributed by atoms with Crippen molar-refractivity contribution < 1.29 is 4.42 Å². The van der Waals surface area contributed by atoms with Crippen LogP contribution in [0.15, 0.2) is 192 Å². The van der Waals surface area contributed by atoms with E-state index in [4.69, 9.17) is 4.42 Å². The van der Waals surface area contributed by atoms with Gasteiger partial charge in [-0.1, -0.05) is 146 Å². The van der Waals surface area contributed by atoms with Gasteiger partial charge in [-0.05, 0) is 75.8 Å². The van der Waals surface area contributed by atoms with Gasteiger partial charge in [0.1, 0.15) is 11.2 Å². The number of benzene rings is 8. The molecule has 0 aliphatic carbocycles. The van der Waals surface area contributed by atoms with E-state index < -0.39 is 0 Å². The summed E-state index contributed by atoms with van der Waals surface area (Å²) in [6.45, 7) is 0. The molecule has 0 bridgehead atoms. The fourth-order valence-corrected chi connectivity index (χ4v) is 8.72. The summed E-state index contributed by atoms with van der Waals surface area (Å²) in [6, 6.07) is 67.3. The number of furan rings is 1. The van der Waals surface area contributed by atoms with Gasteiger partial charge >= 0.3 is 0 Å². The zero-order chi connectivity index (χ0) is 33.7. The van der Waals surface area contributed by atoms with E-state index in [0.29, 0.717) is 0 Å². The second-order valence-electron chi connectivity index (χ2n) is 12.9. The summed E-state index contributed by atoms with van der Waals surface area (Å²) in [5, 5.41) is 4.77. The van der Waals surface area contributed by atoms with E-state index in [9.17, 15) is 0 Å². The van der Waals surface area contributed by atoms with Gasteiger partial charge in [-0.2, -0.15) is 0 Å². The average molecular weight is 670 g/mol. The van der Waals surface area contributed by atoms with Gasteiger partial charge in [0.25, 0.3) is 0 Å². The van der Waals surface area contributed by atoms with E-state index in [1.54, 1.807) is 0 Å². The number of nitrogens with zero attached hydrogens (tertiary/aromatic N) is 1. The molecule has 0 saturated carbocycles. The van der Waals surface area contributed by atoms with Crippen molar-refractivity contribution in [2.45, 2.75) is 0 Å². The third-order valence-corrected chi connectivity index (χ3v) is 11.1. The van der Waals surface area contributed by atoms with Crippen LogP contribution in [-0.4, -0.2) is 0 Å². The van der Waals surface area contributed by atoms with Crippen LogP contribution in [0.4, 0.5) is 17.1 Å². The molecule has 0 saturated heterocycles. The molecule has 0 fully saturated rings. The van der Waals surface area contributed by atoms with Gasteiger partial charge in [-0.15, -0.1) is 11.3 Å². The zero-order valence-electron chi connectivity index (χ0n) is 27.7. The summed E-state index contributed by atoms with van der Waals surface area (Å²) >= 11 is 1.86. The highest BCUT2D eigenvalue weighted by atomic mass is 32.1. The van der Waals surface area contributed by atoms with Gasteiger partial charge in [0, 0.05) is 26.5 Å². The summed E-state index contributed by atoms with van der Waals surface area (Å²) in [6.07, 6.45) is 0. The molecular formula is C48H31NOS. The van der Waals surface area contributed by atoms with Gasteiger partial charge in [0.2, 0.25) is 0 Å². The molecule has 8 aromatic carbocycles. The van der Waals surface area contributed by atoms with Gasteiger partial charge in [0.05, 0.1) is 21.5 Å². The van der Waals surface area contributed by atoms with Gasteiger partial charge in [-0.3, -0.25) is 0 Å². The maximum Gasteiger partial charge on any atom is 0.137 e. The third kappa shape index (κ3) is 5.01. The lowest BCUT2D eigenvalue weighted by molar-refractivity contribution is 0.669. The third-order valence-electron chi connectivity index (χ3n) is 9.90. The molecule has 0 N–H and O–H groups in total. The van der Waals surface area contributed by atoms with Crippen LogP contribution in [0.3, 0.4) is 0 Å². The van der Waals surface area contributed by atoms with Gasteiger partial charge in [-0.25, -0.2) is 0 Å². The minimum Gasteiger partial charge on any atom is -0.456 e. The second kappa shape index (κ2) is 12.2. The molecule has 0 spiro atoms. The van der Waals surface area contributed by atoms with Crippen molar-refractivity contribution in [1.82, 2.24) is 0 Å². The molecule has 240 valence electrons. The molecule has 2 aromatic heterocycles. The molecule has 0 amide bonds. The molecule has 3 heteroatoms. The highest BCUT2D eigenvalue weighted by Gasteiger charge is 2.24. The van der Waals surface area contributed by atoms with Crippen molar-refractivity contribution in [2.75, 3.05) is 4.90 Å². The molecule has 2 heterocycles. The van der Waals surface area contributed by atoms with Crippen LogP contribution >= 0.6 is 11.3 Å². The summed E-state index contributed by atoms with van der Waals surface area (Å²) in [4.78, 5) is 2.43. The summed E-state index contributed by atoms with van der Waals surface area (Å²) in [7, 11) is 0. The van der Waals surface area contributed by atoms with Gasteiger partial charge in [0.15, 0.2) is 0 Å². The van der Waals surface area contributed by atoms with Crippen LogP contribution in [0.1, 0.15) is 0 Å². The second-order valence-corrected chi connectivity index (χ2v) is 13.9. The van der Waals surface area contributed by atoms with Crippen LogP contribution in [0.25, 0.3) is 75.5 Å². The molecular weight excluding hydrogens is 639 g/mol. The summed E-state index contributed by atoms with van der Waals surface area (Å²) in [5.74, 6) is 0. The van der Waals surface area contributed by atoms with Crippen molar-refractivity contribution in [1.29, 1.82) is 0 Å². The zero-order valence-corrected chi connectivity index (χ0v) is 28.5. The Morgan fingerprint density at radius 1 is 0.373 bits per heavy atom. The predicted octanol–water partition coefficient (Wildman–Crippen LogP) is 14.4. The van der Waals surface area contributed by atoms with Crippen molar-refractivity contribution in [3.63, 3.8) is 0 Å². The Labute approximate surface area is 300 Å². The molecule has 0 radical (unpaired) electrons. The highest BCUT2D eigenvalue weighted by molar-refractivity contribution is 7.26. The highest BCUT2D eigenvalue weighted by Crippen LogP contribution is 2.50. The largest absolute Gasteiger partial charge is 0.456 e. The van der Waals surface area contributed by atoms with Crippen LogP contribution in [0.5, 0.6) is 0 Å². The Morgan fingerprint density at radius 2 is 0.941 bits per heavy atom. The Kier molecular flexibility index (Phi) is 7.04. The predicted molar refractivity (Wildman–Crippen MR) is 218 cm³/mol. The molecule has 51 heavy (non-hydrogen) atoms. The standard InChI is InChI=1S/C48H31NOS/c1-3-12-32(13-4-1)33-22-24-34(25-23-33)35-26-28-37(29-27-35)49(41-18-11-20-44-47(41)39-16-7-9-19-43(39)50-44)42-31-30-38(36-14-5-2-6-15-36)46-40-17-8-10-21-45(40)51-48(42)46/h1-31H. The lowest BCUT2D eigenvalue weighted by Crippen LogP contribution is -2.10. The molecule has 10 aromatic rings. The van der Waals surface area contributed by atoms with Crippen molar-refractivity contribution in [3.8, 4) is 33.4 Å². The maximum absolute atomic E-state index is 6.42.